The molecule has 2 amide bonds. The van der Waals surface area contributed by atoms with Crippen LogP contribution in [0.25, 0.3) is 0 Å². The molecule has 0 spiro atoms. The van der Waals surface area contributed by atoms with Crippen molar-refractivity contribution in [3.63, 3.8) is 0 Å². The largest absolute Gasteiger partial charge is 0.353 e. The van der Waals surface area contributed by atoms with E-state index in [9.17, 15) is 9.59 Å². The Bertz CT molecular complexity index is 286. The Kier molecular flexibility index (Phi) is 6.12. The van der Waals surface area contributed by atoms with E-state index in [-0.39, 0.29) is 23.9 Å². The number of likely N-dealkylation sites (tertiary alicyclic amines) is 1. The minimum absolute atomic E-state index is 0.0529. The van der Waals surface area contributed by atoms with Crippen LogP contribution in [0.4, 0.5) is 0 Å². The number of piperidine rings is 1. The number of carbonyl (C=O) groups is 2. The van der Waals surface area contributed by atoms with Gasteiger partial charge in [0, 0.05) is 25.6 Å². The van der Waals surface area contributed by atoms with E-state index in [2.05, 4.69) is 5.32 Å². The second-order valence-corrected chi connectivity index (χ2v) is 4.92. The maximum absolute atomic E-state index is 12.0. The summed E-state index contributed by atoms with van der Waals surface area (Å²) in [5, 5.41) is 2.97. The van der Waals surface area contributed by atoms with Crippen LogP contribution in [0.5, 0.6) is 0 Å². The molecule has 104 valence electrons. The van der Waals surface area contributed by atoms with Crippen LogP contribution in [0, 0.1) is 0 Å². The third-order valence-electron chi connectivity index (χ3n) is 3.41. The van der Waals surface area contributed by atoms with Crippen molar-refractivity contribution in [1.29, 1.82) is 0 Å². The lowest BCUT2D eigenvalue weighted by atomic mass is 10.0. The standard InChI is InChI=1S/C13H25N3O2/c1-3-5-11(14)13(18)16-8-6-10(7-9-16)15-12(17)4-2/h10-11H,3-9,14H2,1-2H3,(H,15,17). The number of nitrogens with two attached hydrogens (primary N) is 1. The molecule has 1 aliphatic heterocycles. The summed E-state index contributed by atoms with van der Waals surface area (Å²) >= 11 is 0. The molecule has 3 N–H and O–H groups in total. The summed E-state index contributed by atoms with van der Waals surface area (Å²) < 4.78 is 0. The van der Waals surface area contributed by atoms with E-state index in [1.165, 1.54) is 0 Å². The molecule has 1 rings (SSSR count). The van der Waals surface area contributed by atoms with Gasteiger partial charge in [0.25, 0.3) is 0 Å². The highest BCUT2D eigenvalue weighted by atomic mass is 16.2. The second-order valence-electron chi connectivity index (χ2n) is 4.92. The van der Waals surface area contributed by atoms with Gasteiger partial charge in [-0.1, -0.05) is 20.3 Å². The zero-order valence-electron chi connectivity index (χ0n) is 11.4. The predicted molar refractivity (Wildman–Crippen MR) is 70.9 cm³/mol. The Balaban J connectivity index is 2.34. The lowest BCUT2D eigenvalue weighted by Gasteiger charge is -2.33. The number of nitrogens with zero attached hydrogens (tertiary/aromatic N) is 1. The molecule has 0 aromatic carbocycles. The number of amides is 2. The number of nitrogens with one attached hydrogen (secondary N) is 1. The summed E-state index contributed by atoms with van der Waals surface area (Å²) in [4.78, 5) is 25.1. The van der Waals surface area contributed by atoms with Crippen molar-refractivity contribution < 1.29 is 9.59 Å². The molecule has 5 heteroatoms. The maximum atomic E-state index is 12.0. The molecule has 1 saturated heterocycles. The molecule has 18 heavy (non-hydrogen) atoms. The van der Waals surface area contributed by atoms with Gasteiger partial charge in [-0.05, 0) is 19.3 Å². The minimum Gasteiger partial charge on any atom is -0.353 e. The van der Waals surface area contributed by atoms with E-state index in [1.807, 2.05) is 18.7 Å². The van der Waals surface area contributed by atoms with Gasteiger partial charge in [0.2, 0.25) is 11.8 Å². The first kappa shape index (κ1) is 15.0. The topological polar surface area (TPSA) is 75.4 Å². The summed E-state index contributed by atoms with van der Waals surface area (Å²) in [5.41, 5.74) is 5.83. The predicted octanol–water partition coefficient (Wildman–Crippen LogP) is 0.631. The summed E-state index contributed by atoms with van der Waals surface area (Å²) in [6.45, 7) is 5.27. The fraction of sp³-hybridized carbons (Fsp3) is 0.846. The van der Waals surface area contributed by atoms with Crippen LogP contribution in [0.1, 0.15) is 46.0 Å². The minimum atomic E-state index is -0.364. The molecule has 0 aliphatic carbocycles. The van der Waals surface area contributed by atoms with Gasteiger partial charge in [-0.25, -0.2) is 0 Å². The first-order chi connectivity index (χ1) is 8.58. The average Bonchev–Trinajstić information content (AvgIpc) is 2.39. The Morgan fingerprint density at radius 2 is 1.94 bits per heavy atom. The third-order valence-corrected chi connectivity index (χ3v) is 3.41. The molecule has 0 saturated carbocycles. The first-order valence-corrected chi connectivity index (χ1v) is 6.92. The zero-order chi connectivity index (χ0) is 13.5. The zero-order valence-corrected chi connectivity index (χ0v) is 11.4. The third kappa shape index (κ3) is 4.29. The molecule has 1 fully saturated rings. The normalized spacial score (nSPS) is 18.5. The SMILES string of the molecule is CCCC(N)C(=O)N1CCC(NC(=O)CC)CC1. The highest BCUT2D eigenvalue weighted by Gasteiger charge is 2.26. The number of carbonyl (C=O) groups excluding carboxylic acids is 2. The lowest BCUT2D eigenvalue weighted by Crippen LogP contribution is -2.50. The van der Waals surface area contributed by atoms with Crippen LogP contribution in [0.2, 0.25) is 0 Å². The number of hydrogen-bond donors (Lipinski definition) is 2. The van der Waals surface area contributed by atoms with Gasteiger partial charge in [-0.15, -0.1) is 0 Å². The van der Waals surface area contributed by atoms with Crippen LogP contribution >= 0.6 is 0 Å². The summed E-state index contributed by atoms with van der Waals surface area (Å²) in [6.07, 6.45) is 3.84. The highest BCUT2D eigenvalue weighted by molar-refractivity contribution is 5.81. The number of rotatable bonds is 5. The van der Waals surface area contributed by atoms with Gasteiger partial charge in [0.1, 0.15) is 0 Å². The Hall–Kier alpha value is -1.10. The van der Waals surface area contributed by atoms with Gasteiger partial charge >= 0.3 is 0 Å². The van der Waals surface area contributed by atoms with Crippen molar-refractivity contribution in [1.82, 2.24) is 10.2 Å². The van der Waals surface area contributed by atoms with Gasteiger partial charge in [0.05, 0.1) is 6.04 Å². The van der Waals surface area contributed by atoms with Gasteiger partial charge in [0.15, 0.2) is 0 Å². The van der Waals surface area contributed by atoms with Crippen LogP contribution < -0.4 is 11.1 Å². The van der Waals surface area contributed by atoms with E-state index in [4.69, 9.17) is 5.73 Å². The van der Waals surface area contributed by atoms with Crippen LogP contribution in [-0.2, 0) is 9.59 Å². The van der Waals surface area contributed by atoms with Crippen molar-refractivity contribution in [3.8, 4) is 0 Å². The van der Waals surface area contributed by atoms with Crippen molar-refractivity contribution in [2.75, 3.05) is 13.1 Å². The van der Waals surface area contributed by atoms with E-state index >= 15 is 0 Å². The molecule has 1 unspecified atom stereocenters. The van der Waals surface area contributed by atoms with Gasteiger partial charge < -0.3 is 16.0 Å². The Morgan fingerprint density at radius 3 is 2.44 bits per heavy atom. The Morgan fingerprint density at radius 1 is 1.33 bits per heavy atom. The molecular weight excluding hydrogens is 230 g/mol. The van der Waals surface area contributed by atoms with E-state index in [0.717, 1.165) is 25.7 Å². The fourth-order valence-corrected chi connectivity index (χ4v) is 2.24. The molecule has 0 radical (unpaired) electrons. The molecule has 0 aromatic heterocycles. The van der Waals surface area contributed by atoms with E-state index in [0.29, 0.717) is 19.5 Å². The Labute approximate surface area is 109 Å². The maximum Gasteiger partial charge on any atom is 0.239 e. The van der Waals surface area contributed by atoms with E-state index in [1.54, 1.807) is 0 Å². The van der Waals surface area contributed by atoms with Crippen molar-refractivity contribution in [2.24, 2.45) is 5.73 Å². The first-order valence-electron chi connectivity index (χ1n) is 6.92. The monoisotopic (exact) mass is 255 g/mol. The summed E-state index contributed by atoms with van der Waals surface area (Å²) in [5.74, 6) is 0.138. The number of hydrogen-bond acceptors (Lipinski definition) is 3. The molecule has 0 aromatic rings. The van der Waals surface area contributed by atoms with E-state index < -0.39 is 0 Å². The summed E-state index contributed by atoms with van der Waals surface area (Å²) in [7, 11) is 0. The molecule has 0 bridgehead atoms. The lowest BCUT2D eigenvalue weighted by molar-refractivity contribution is -0.134. The molecule has 1 heterocycles. The fourth-order valence-electron chi connectivity index (χ4n) is 2.24. The highest BCUT2D eigenvalue weighted by Crippen LogP contribution is 2.12. The molecular formula is C13H25N3O2. The molecule has 1 aliphatic rings. The van der Waals surface area contributed by atoms with Crippen molar-refractivity contribution in [2.45, 2.75) is 58.0 Å². The van der Waals surface area contributed by atoms with Crippen molar-refractivity contribution in [3.05, 3.63) is 0 Å². The molecule has 5 nitrogen and oxygen atoms in total. The molecule has 1 atom stereocenters. The average molecular weight is 255 g/mol. The van der Waals surface area contributed by atoms with Crippen molar-refractivity contribution >= 4 is 11.8 Å². The van der Waals surface area contributed by atoms with Gasteiger partial charge in [-0.3, -0.25) is 9.59 Å². The second kappa shape index (κ2) is 7.36. The smallest absolute Gasteiger partial charge is 0.239 e. The summed E-state index contributed by atoms with van der Waals surface area (Å²) in [6, 6.07) is -0.152. The van der Waals surface area contributed by atoms with Crippen LogP contribution in [0.15, 0.2) is 0 Å². The van der Waals surface area contributed by atoms with Crippen LogP contribution in [0.3, 0.4) is 0 Å². The van der Waals surface area contributed by atoms with Gasteiger partial charge in [-0.2, -0.15) is 0 Å². The van der Waals surface area contributed by atoms with Crippen LogP contribution in [-0.4, -0.2) is 41.9 Å². The quantitative estimate of drug-likeness (QED) is 0.756.